The van der Waals surface area contributed by atoms with Gasteiger partial charge in [-0.25, -0.2) is 0 Å². The van der Waals surface area contributed by atoms with Crippen LogP contribution in [0.1, 0.15) is 25.8 Å². The second kappa shape index (κ2) is 8.89. The molecule has 23 heavy (non-hydrogen) atoms. The first-order valence-corrected chi connectivity index (χ1v) is 8.58. The zero-order valence-electron chi connectivity index (χ0n) is 14.3. The summed E-state index contributed by atoms with van der Waals surface area (Å²) in [7, 11) is 0. The van der Waals surface area contributed by atoms with Crippen LogP contribution in [0.15, 0.2) is 24.3 Å². The largest absolute Gasteiger partial charge is 0.399 e. The van der Waals surface area contributed by atoms with Crippen LogP contribution >= 0.6 is 0 Å². The van der Waals surface area contributed by atoms with Crippen LogP contribution in [0.25, 0.3) is 0 Å². The molecule has 2 N–H and O–H groups in total. The summed E-state index contributed by atoms with van der Waals surface area (Å²) in [5, 5.41) is 0. The third-order valence-corrected chi connectivity index (χ3v) is 4.49. The van der Waals surface area contributed by atoms with E-state index in [2.05, 4.69) is 11.8 Å². The van der Waals surface area contributed by atoms with Gasteiger partial charge in [0.2, 0.25) is 5.91 Å². The molecule has 0 bridgehead atoms. The van der Waals surface area contributed by atoms with E-state index in [9.17, 15) is 4.79 Å². The predicted octanol–water partition coefficient (Wildman–Crippen LogP) is 1.77. The topological polar surface area (TPSA) is 58.8 Å². The third-order valence-electron chi connectivity index (χ3n) is 4.49. The number of hydrogen-bond acceptors (Lipinski definition) is 4. The molecule has 1 atom stereocenters. The summed E-state index contributed by atoms with van der Waals surface area (Å²) in [5.41, 5.74) is 7.45. The average Bonchev–Trinajstić information content (AvgIpc) is 2.57. The number of carbonyl (C=O) groups excluding carboxylic acids is 1. The van der Waals surface area contributed by atoms with E-state index < -0.39 is 0 Å². The minimum atomic E-state index is 0.206. The van der Waals surface area contributed by atoms with E-state index in [0.29, 0.717) is 12.5 Å². The Kier molecular flexibility index (Phi) is 6.86. The molecule has 1 saturated heterocycles. The second-order valence-corrected chi connectivity index (χ2v) is 6.05. The van der Waals surface area contributed by atoms with Crippen LogP contribution in [-0.4, -0.2) is 61.1 Å². The highest BCUT2D eigenvalue weighted by atomic mass is 16.5. The standard InChI is InChI=1S/C18H29N3O2/c1-3-17-14-21(10-9-20(17)11-12-23-4-2)18(22)13-15-5-7-16(19)8-6-15/h5-8,17H,3-4,9-14,19H2,1-2H3. The highest BCUT2D eigenvalue weighted by Gasteiger charge is 2.27. The summed E-state index contributed by atoms with van der Waals surface area (Å²) >= 11 is 0. The van der Waals surface area contributed by atoms with E-state index in [1.54, 1.807) is 0 Å². The minimum Gasteiger partial charge on any atom is -0.399 e. The van der Waals surface area contributed by atoms with Crippen LogP contribution in [0.2, 0.25) is 0 Å². The van der Waals surface area contributed by atoms with E-state index in [1.807, 2.05) is 36.1 Å². The van der Waals surface area contributed by atoms with Crippen LogP contribution in [0.3, 0.4) is 0 Å². The molecule has 1 aromatic carbocycles. The fourth-order valence-electron chi connectivity index (χ4n) is 3.05. The highest BCUT2D eigenvalue weighted by molar-refractivity contribution is 5.79. The molecule has 5 nitrogen and oxygen atoms in total. The Morgan fingerprint density at radius 3 is 2.65 bits per heavy atom. The van der Waals surface area contributed by atoms with E-state index >= 15 is 0 Å². The number of ether oxygens (including phenoxy) is 1. The lowest BCUT2D eigenvalue weighted by Crippen LogP contribution is -2.55. The average molecular weight is 319 g/mol. The van der Waals surface area contributed by atoms with Crippen molar-refractivity contribution in [2.75, 3.05) is 45.1 Å². The van der Waals surface area contributed by atoms with Gasteiger partial charge in [-0.3, -0.25) is 9.69 Å². The van der Waals surface area contributed by atoms with E-state index in [-0.39, 0.29) is 5.91 Å². The van der Waals surface area contributed by atoms with Crippen LogP contribution in [-0.2, 0) is 16.0 Å². The number of nitrogen functional groups attached to an aromatic ring is 1. The Labute approximate surface area is 139 Å². The van der Waals surface area contributed by atoms with Crippen molar-refractivity contribution >= 4 is 11.6 Å². The molecule has 1 unspecified atom stereocenters. The smallest absolute Gasteiger partial charge is 0.227 e. The molecule has 0 aromatic heterocycles. The lowest BCUT2D eigenvalue weighted by molar-refractivity contribution is -0.133. The van der Waals surface area contributed by atoms with Gasteiger partial charge in [0.15, 0.2) is 0 Å². The molecule has 1 aliphatic rings. The van der Waals surface area contributed by atoms with Gasteiger partial charge in [-0.2, -0.15) is 0 Å². The molecule has 0 spiro atoms. The van der Waals surface area contributed by atoms with Gasteiger partial charge in [0.1, 0.15) is 0 Å². The summed E-state index contributed by atoms with van der Waals surface area (Å²) in [6, 6.07) is 8.00. The summed E-state index contributed by atoms with van der Waals surface area (Å²) in [6.45, 7) is 9.23. The normalized spacial score (nSPS) is 19.0. The van der Waals surface area contributed by atoms with Crippen LogP contribution in [0.4, 0.5) is 5.69 Å². The SMILES string of the molecule is CCOCCN1CCN(C(=O)Cc2ccc(N)cc2)CC1CC. The van der Waals surface area contributed by atoms with E-state index in [4.69, 9.17) is 10.5 Å². The second-order valence-electron chi connectivity index (χ2n) is 6.05. The fourth-order valence-corrected chi connectivity index (χ4v) is 3.05. The quantitative estimate of drug-likeness (QED) is 0.615. The molecule has 5 heteroatoms. The summed E-state index contributed by atoms with van der Waals surface area (Å²) in [6.07, 6.45) is 1.51. The van der Waals surface area contributed by atoms with Crippen LogP contribution in [0.5, 0.6) is 0 Å². The van der Waals surface area contributed by atoms with Gasteiger partial charge < -0.3 is 15.4 Å². The Morgan fingerprint density at radius 2 is 2.00 bits per heavy atom. The lowest BCUT2D eigenvalue weighted by atomic mass is 10.1. The summed E-state index contributed by atoms with van der Waals surface area (Å²) < 4.78 is 5.46. The number of piperazine rings is 1. The molecular weight excluding hydrogens is 290 g/mol. The Balaban J connectivity index is 1.86. The molecule has 0 aliphatic carbocycles. The Bertz CT molecular complexity index is 490. The van der Waals surface area contributed by atoms with Crippen molar-refractivity contribution in [2.45, 2.75) is 32.7 Å². The van der Waals surface area contributed by atoms with Crippen LogP contribution in [0, 0.1) is 0 Å². The summed E-state index contributed by atoms with van der Waals surface area (Å²) in [5.74, 6) is 0.206. The first kappa shape index (κ1) is 17.8. The number of anilines is 1. The fraction of sp³-hybridized carbons (Fsp3) is 0.611. The van der Waals surface area contributed by atoms with Gasteiger partial charge in [0.05, 0.1) is 13.0 Å². The maximum absolute atomic E-state index is 12.5. The van der Waals surface area contributed by atoms with E-state index in [1.165, 1.54) is 0 Å². The van der Waals surface area contributed by atoms with Crippen LogP contribution < -0.4 is 5.73 Å². The summed E-state index contributed by atoms with van der Waals surface area (Å²) in [4.78, 5) is 17.0. The molecular formula is C18H29N3O2. The first-order valence-electron chi connectivity index (χ1n) is 8.58. The number of hydrogen-bond donors (Lipinski definition) is 1. The molecule has 1 fully saturated rings. The number of nitrogens with zero attached hydrogens (tertiary/aromatic N) is 2. The molecule has 1 aliphatic heterocycles. The number of amides is 1. The molecule has 1 aromatic rings. The number of rotatable bonds is 7. The molecule has 0 saturated carbocycles. The maximum atomic E-state index is 12.5. The Morgan fingerprint density at radius 1 is 1.26 bits per heavy atom. The minimum absolute atomic E-state index is 0.206. The van der Waals surface area contributed by atoms with Crippen molar-refractivity contribution in [3.8, 4) is 0 Å². The zero-order chi connectivity index (χ0) is 16.7. The van der Waals surface area contributed by atoms with Crippen molar-refractivity contribution in [3.63, 3.8) is 0 Å². The van der Waals surface area contributed by atoms with Crippen molar-refractivity contribution in [1.82, 2.24) is 9.80 Å². The molecule has 128 valence electrons. The monoisotopic (exact) mass is 319 g/mol. The van der Waals surface area contributed by atoms with Crippen molar-refractivity contribution in [1.29, 1.82) is 0 Å². The van der Waals surface area contributed by atoms with Gasteiger partial charge in [0.25, 0.3) is 0 Å². The lowest BCUT2D eigenvalue weighted by Gasteiger charge is -2.41. The van der Waals surface area contributed by atoms with Gasteiger partial charge in [0, 0.05) is 44.5 Å². The molecule has 1 amide bonds. The van der Waals surface area contributed by atoms with Crippen molar-refractivity contribution < 1.29 is 9.53 Å². The maximum Gasteiger partial charge on any atom is 0.227 e. The van der Waals surface area contributed by atoms with Gasteiger partial charge in [-0.1, -0.05) is 19.1 Å². The zero-order valence-corrected chi connectivity index (χ0v) is 14.3. The molecule has 0 radical (unpaired) electrons. The van der Waals surface area contributed by atoms with Gasteiger partial charge in [-0.05, 0) is 31.0 Å². The third kappa shape index (κ3) is 5.22. The molecule has 2 rings (SSSR count). The molecule has 1 heterocycles. The number of benzene rings is 1. The number of carbonyl (C=O) groups is 1. The van der Waals surface area contributed by atoms with Gasteiger partial charge >= 0.3 is 0 Å². The predicted molar refractivity (Wildman–Crippen MR) is 93.3 cm³/mol. The highest BCUT2D eigenvalue weighted by Crippen LogP contribution is 2.15. The van der Waals surface area contributed by atoms with Crippen molar-refractivity contribution in [2.24, 2.45) is 0 Å². The number of nitrogens with two attached hydrogens (primary N) is 1. The van der Waals surface area contributed by atoms with Crippen molar-refractivity contribution in [3.05, 3.63) is 29.8 Å². The van der Waals surface area contributed by atoms with E-state index in [0.717, 1.165) is 57.1 Å². The Hall–Kier alpha value is -1.59. The van der Waals surface area contributed by atoms with Gasteiger partial charge in [-0.15, -0.1) is 0 Å². The first-order chi connectivity index (χ1) is 11.1.